The highest BCUT2D eigenvalue weighted by molar-refractivity contribution is 5.84. The van der Waals surface area contributed by atoms with E-state index in [0.717, 1.165) is 51.7 Å². The van der Waals surface area contributed by atoms with Crippen LogP contribution in [-0.4, -0.2) is 47.6 Å². The number of nitrogens with zero attached hydrogens (tertiary/aromatic N) is 1. The van der Waals surface area contributed by atoms with Crippen LogP contribution in [0.3, 0.4) is 0 Å². The number of rotatable bonds is 5. The van der Waals surface area contributed by atoms with Crippen molar-refractivity contribution in [3.63, 3.8) is 0 Å². The number of amides is 1. The Balaban J connectivity index is 2.10. The van der Waals surface area contributed by atoms with Crippen LogP contribution >= 0.6 is 0 Å². The van der Waals surface area contributed by atoms with Crippen molar-refractivity contribution in [2.45, 2.75) is 51.5 Å². The molecule has 2 atom stereocenters. The van der Waals surface area contributed by atoms with Crippen LogP contribution < -0.4 is 5.32 Å². The predicted molar refractivity (Wildman–Crippen MR) is 71.8 cm³/mol. The lowest BCUT2D eigenvalue weighted by atomic mass is 9.81. The van der Waals surface area contributed by atoms with Gasteiger partial charge in [-0.15, -0.1) is 0 Å². The van der Waals surface area contributed by atoms with Gasteiger partial charge >= 0.3 is 5.97 Å². The fraction of sp³-hybridized carbons (Fsp3) is 0.857. The second-order valence-corrected chi connectivity index (χ2v) is 5.85. The number of likely N-dealkylation sites (tertiary alicyclic amines) is 1. The highest BCUT2D eigenvalue weighted by Gasteiger charge is 2.45. The molecule has 2 rings (SSSR count). The Hall–Kier alpha value is -1.10. The molecular formula is C14H24N2O3. The van der Waals surface area contributed by atoms with Crippen molar-refractivity contribution in [2.24, 2.45) is 5.41 Å². The summed E-state index contributed by atoms with van der Waals surface area (Å²) in [6, 6.07) is -0.0978. The maximum atomic E-state index is 12.8. The Bertz CT molecular complexity index is 351. The van der Waals surface area contributed by atoms with E-state index < -0.39 is 5.97 Å². The Kier molecular flexibility index (Phi) is 4.45. The van der Waals surface area contributed by atoms with Gasteiger partial charge in [-0.2, -0.15) is 0 Å². The molecule has 0 aliphatic carbocycles. The molecule has 2 unspecified atom stereocenters. The molecule has 1 amide bonds. The fourth-order valence-electron chi connectivity index (χ4n) is 3.55. The molecule has 0 bridgehead atoms. The second kappa shape index (κ2) is 5.90. The van der Waals surface area contributed by atoms with Crippen LogP contribution in [0.25, 0.3) is 0 Å². The van der Waals surface area contributed by atoms with Gasteiger partial charge in [0.05, 0.1) is 11.8 Å². The van der Waals surface area contributed by atoms with Crippen molar-refractivity contribution in [1.29, 1.82) is 0 Å². The topological polar surface area (TPSA) is 69.6 Å². The molecule has 2 N–H and O–H groups in total. The number of hydrogen-bond donors (Lipinski definition) is 2. The lowest BCUT2D eigenvalue weighted by Gasteiger charge is -2.34. The highest BCUT2D eigenvalue weighted by atomic mass is 16.4. The molecule has 5 nitrogen and oxygen atoms in total. The van der Waals surface area contributed by atoms with Crippen LogP contribution in [0.1, 0.15) is 45.4 Å². The molecule has 2 aliphatic heterocycles. The molecule has 0 aromatic carbocycles. The predicted octanol–water partition coefficient (Wildman–Crippen LogP) is 1.23. The van der Waals surface area contributed by atoms with Crippen molar-refractivity contribution in [3.05, 3.63) is 0 Å². The third-order valence-electron chi connectivity index (χ3n) is 4.47. The number of aliphatic carboxylic acids is 1. The minimum atomic E-state index is -0.807. The van der Waals surface area contributed by atoms with E-state index in [2.05, 4.69) is 12.2 Å². The van der Waals surface area contributed by atoms with E-state index >= 15 is 0 Å². The van der Waals surface area contributed by atoms with Crippen molar-refractivity contribution in [1.82, 2.24) is 10.2 Å². The molecule has 0 aromatic heterocycles. The molecular weight excluding hydrogens is 244 g/mol. The summed E-state index contributed by atoms with van der Waals surface area (Å²) in [5.41, 5.74) is -0.282. The van der Waals surface area contributed by atoms with Gasteiger partial charge in [-0.05, 0) is 32.2 Å². The number of carboxylic acid groups (broad SMARTS) is 1. The highest BCUT2D eigenvalue weighted by Crippen LogP contribution is 2.36. The summed E-state index contributed by atoms with van der Waals surface area (Å²) >= 11 is 0. The van der Waals surface area contributed by atoms with Gasteiger partial charge in [0.2, 0.25) is 5.91 Å². The van der Waals surface area contributed by atoms with Crippen LogP contribution in [-0.2, 0) is 9.59 Å². The summed E-state index contributed by atoms with van der Waals surface area (Å²) in [5.74, 6) is -0.623. The van der Waals surface area contributed by atoms with E-state index in [4.69, 9.17) is 5.11 Å². The molecule has 0 saturated carbocycles. The van der Waals surface area contributed by atoms with Gasteiger partial charge in [0.25, 0.3) is 0 Å². The maximum Gasteiger partial charge on any atom is 0.305 e. The molecule has 2 heterocycles. The van der Waals surface area contributed by atoms with E-state index in [1.54, 1.807) is 0 Å². The monoisotopic (exact) mass is 268 g/mol. The van der Waals surface area contributed by atoms with Crippen molar-refractivity contribution in [2.75, 3.05) is 19.6 Å². The zero-order chi connectivity index (χ0) is 13.9. The van der Waals surface area contributed by atoms with Gasteiger partial charge in [0, 0.05) is 19.1 Å². The number of hydrogen-bond acceptors (Lipinski definition) is 3. The average Bonchev–Trinajstić information content (AvgIpc) is 2.98. The van der Waals surface area contributed by atoms with Gasteiger partial charge in [-0.1, -0.05) is 13.3 Å². The first-order valence-electron chi connectivity index (χ1n) is 7.32. The van der Waals surface area contributed by atoms with Crippen molar-refractivity contribution >= 4 is 11.9 Å². The Morgan fingerprint density at radius 3 is 2.84 bits per heavy atom. The molecule has 2 aliphatic rings. The maximum absolute atomic E-state index is 12.8. The second-order valence-electron chi connectivity index (χ2n) is 5.85. The standard InChI is InChI=1S/C14H24N2O3/c1-2-5-14(6-7-15-10-14)13(19)16-8-3-4-11(16)9-12(17)18/h11,15H,2-10H2,1H3,(H,17,18). The summed E-state index contributed by atoms with van der Waals surface area (Å²) in [6.45, 7) is 4.47. The van der Waals surface area contributed by atoms with Crippen LogP contribution in [0.4, 0.5) is 0 Å². The van der Waals surface area contributed by atoms with Crippen molar-refractivity contribution in [3.8, 4) is 0 Å². The largest absolute Gasteiger partial charge is 0.481 e. The molecule has 0 radical (unpaired) electrons. The first-order valence-corrected chi connectivity index (χ1v) is 7.32. The molecule has 0 aromatic rings. The van der Waals surface area contributed by atoms with Gasteiger partial charge in [-0.3, -0.25) is 9.59 Å². The summed E-state index contributed by atoms with van der Waals surface area (Å²) in [7, 11) is 0. The molecule has 5 heteroatoms. The Morgan fingerprint density at radius 2 is 2.26 bits per heavy atom. The van der Waals surface area contributed by atoms with Gasteiger partial charge in [0.1, 0.15) is 0 Å². The number of carbonyl (C=O) groups excluding carboxylic acids is 1. The summed E-state index contributed by atoms with van der Waals surface area (Å²) in [5, 5.41) is 12.3. The number of carboxylic acids is 1. The van der Waals surface area contributed by atoms with E-state index in [1.165, 1.54) is 0 Å². The van der Waals surface area contributed by atoms with Gasteiger partial charge in [-0.25, -0.2) is 0 Å². The molecule has 19 heavy (non-hydrogen) atoms. The summed E-state index contributed by atoms with van der Waals surface area (Å²) < 4.78 is 0. The smallest absolute Gasteiger partial charge is 0.305 e. The Morgan fingerprint density at radius 1 is 1.47 bits per heavy atom. The quantitative estimate of drug-likeness (QED) is 0.787. The van der Waals surface area contributed by atoms with Crippen LogP contribution in [0.2, 0.25) is 0 Å². The molecule has 108 valence electrons. The first-order chi connectivity index (χ1) is 9.09. The van der Waals surface area contributed by atoms with E-state index in [9.17, 15) is 9.59 Å². The fourth-order valence-corrected chi connectivity index (χ4v) is 3.55. The third-order valence-corrected chi connectivity index (χ3v) is 4.47. The third kappa shape index (κ3) is 2.91. The molecule has 2 saturated heterocycles. The lowest BCUT2D eigenvalue weighted by Crippen LogP contribution is -2.47. The summed E-state index contributed by atoms with van der Waals surface area (Å²) in [6.07, 6.45) is 4.62. The number of carbonyl (C=O) groups is 2. The zero-order valence-corrected chi connectivity index (χ0v) is 11.7. The van der Waals surface area contributed by atoms with E-state index in [0.29, 0.717) is 0 Å². The zero-order valence-electron chi connectivity index (χ0n) is 11.7. The molecule has 2 fully saturated rings. The van der Waals surface area contributed by atoms with E-state index in [1.807, 2.05) is 4.90 Å². The van der Waals surface area contributed by atoms with E-state index in [-0.39, 0.29) is 23.8 Å². The SMILES string of the molecule is CCCC1(C(=O)N2CCCC2CC(=O)O)CCNC1. The normalized spacial score (nSPS) is 30.8. The first kappa shape index (κ1) is 14.3. The van der Waals surface area contributed by atoms with Gasteiger partial charge < -0.3 is 15.3 Å². The summed E-state index contributed by atoms with van der Waals surface area (Å²) in [4.78, 5) is 25.6. The van der Waals surface area contributed by atoms with Crippen LogP contribution in [0.5, 0.6) is 0 Å². The minimum absolute atomic E-state index is 0.0847. The lowest BCUT2D eigenvalue weighted by molar-refractivity contribution is -0.145. The average molecular weight is 268 g/mol. The number of nitrogens with one attached hydrogen (secondary N) is 1. The van der Waals surface area contributed by atoms with Crippen molar-refractivity contribution < 1.29 is 14.7 Å². The van der Waals surface area contributed by atoms with Crippen LogP contribution in [0, 0.1) is 5.41 Å². The van der Waals surface area contributed by atoms with Gasteiger partial charge in [0.15, 0.2) is 0 Å². The molecule has 0 spiro atoms. The van der Waals surface area contributed by atoms with Crippen LogP contribution in [0.15, 0.2) is 0 Å². The Labute approximate surface area is 114 Å². The minimum Gasteiger partial charge on any atom is -0.481 e.